The number of nitrogens with one attached hydrogen (secondary N) is 1. The van der Waals surface area contributed by atoms with E-state index in [4.69, 9.17) is 0 Å². The molecule has 2 rings (SSSR count). The normalized spacial score (nSPS) is 22.1. The minimum atomic E-state index is -3.05. The maximum atomic E-state index is 11.6. The zero-order valence-corrected chi connectivity index (χ0v) is 14.0. The van der Waals surface area contributed by atoms with E-state index in [-0.39, 0.29) is 0 Å². The van der Waals surface area contributed by atoms with Crippen LogP contribution in [0.2, 0.25) is 0 Å². The van der Waals surface area contributed by atoms with Gasteiger partial charge in [0, 0.05) is 19.1 Å². The third-order valence-electron chi connectivity index (χ3n) is 4.32. The smallest absolute Gasteiger partial charge is 0.211 e. The molecule has 0 aliphatic carbocycles. The van der Waals surface area contributed by atoms with E-state index in [1.165, 1.54) is 17.4 Å². The number of aryl methyl sites for hydroxylation is 1. The number of hydrogen-bond acceptors (Lipinski definition) is 3. The van der Waals surface area contributed by atoms with Crippen LogP contribution < -0.4 is 5.32 Å². The van der Waals surface area contributed by atoms with Gasteiger partial charge in [-0.25, -0.2) is 12.7 Å². The quantitative estimate of drug-likeness (QED) is 0.908. The molecule has 1 fully saturated rings. The van der Waals surface area contributed by atoms with Gasteiger partial charge in [-0.3, -0.25) is 0 Å². The molecule has 0 saturated carbocycles. The number of hydrogen-bond donors (Lipinski definition) is 1. The Kier molecular flexibility index (Phi) is 5.41. The molecule has 1 heterocycles. The van der Waals surface area contributed by atoms with Gasteiger partial charge in [0.2, 0.25) is 10.0 Å². The van der Waals surface area contributed by atoms with Crippen molar-refractivity contribution < 1.29 is 8.42 Å². The summed E-state index contributed by atoms with van der Waals surface area (Å²) in [6.07, 6.45) is 3.36. The first-order valence-electron chi connectivity index (χ1n) is 7.62. The van der Waals surface area contributed by atoms with E-state index in [9.17, 15) is 8.42 Å². The summed E-state index contributed by atoms with van der Waals surface area (Å²) in [5.41, 5.74) is 2.60. The molecule has 4 nitrogen and oxygen atoms in total. The molecule has 1 N–H and O–H groups in total. The van der Waals surface area contributed by atoms with Crippen molar-refractivity contribution in [1.29, 1.82) is 0 Å². The second-order valence-corrected chi connectivity index (χ2v) is 8.10. The predicted molar refractivity (Wildman–Crippen MR) is 86.7 cm³/mol. The highest BCUT2D eigenvalue weighted by Crippen LogP contribution is 2.21. The summed E-state index contributed by atoms with van der Waals surface area (Å²) in [4.78, 5) is 0. The summed E-state index contributed by atoms with van der Waals surface area (Å²) in [5.74, 6) is 0.403. The third-order valence-corrected chi connectivity index (χ3v) is 5.59. The predicted octanol–water partition coefficient (Wildman–Crippen LogP) is 2.32. The van der Waals surface area contributed by atoms with Crippen LogP contribution in [0.3, 0.4) is 0 Å². The fourth-order valence-corrected chi connectivity index (χ4v) is 3.96. The van der Waals surface area contributed by atoms with Crippen LogP contribution in [0.15, 0.2) is 24.3 Å². The highest BCUT2D eigenvalue weighted by atomic mass is 32.2. The van der Waals surface area contributed by atoms with Crippen LogP contribution in [0.1, 0.15) is 36.9 Å². The van der Waals surface area contributed by atoms with Gasteiger partial charge in [-0.1, -0.05) is 24.3 Å². The average Bonchev–Trinajstić information content (AvgIpc) is 2.45. The van der Waals surface area contributed by atoms with E-state index in [0.717, 1.165) is 19.4 Å². The standard InChI is InChI=1S/C16H26N2O2S/c1-13-7-4-5-9-16(13)14(2)17-11-15-8-6-10-18(12-15)21(3,19)20/h4-5,7,9,14-15,17H,6,8,10-12H2,1-3H3/t14-,15?/m1/s1. The fraction of sp³-hybridized carbons (Fsp3) is 0.625. The molecule has 0 bridgehead atoms. The molecule has 1 aliphatic rings. The molecule has 0 radical (unpaired) electrons. The van der Waals surface area contributed by atoms with Gasteiger partial charge in [-0.05, 0) is 50.3 Å². The molecule has 0 aromatic heterocycles. The molecule has 1 aromatic rings. The number of sulfonamides is 1. The Morgan fingerprint density at radius 1 is 1.38 bits per heavy atom. The maximum absolute atomic E-state index is 11.6. The van der Waals surface area contributed by atoms with Crippen molar-refractivity contribution in [2.45, 2.75) is 32.7 Å². The van der Waals surface area contributed by atoms with Crippen LogP contribution in [0.4, 0.5) is 0 Å². The third kappa shape index (κ3) is 4.53. The Morgan fingerprint density at radius 2 is 2.10 bits per heavy atom. The molecule has 1 unspecified atom stereocenters. The van der Waals surface area contributed by atoms with Crippen LogP contribution in [-0.2, 0) is 10.0 Å². The lowest BCUT2D eigenvalue weighted by molar-refractivity contribution is 0.257. The first-order chi connectivity index (χ1) is 9.88. The van der Waals surface area contributed by atoms with Crippen molar-refractivity contribution in [1.82, 2.24) is 9.62 Å². The van der Waals surface area contributed by atoms with Gasteiger partial charge in [0.1, 0.15) is 0 Å². The van der Waals surface area contributed by atoms with Gasteiger partial charge in [0.25, 0.3) is 0 Å². The minimum Gasteiger partial charge on any atom is -0.310 e. The Hall–Kier alpha value is -0.910. The monoisotopic (exact) mass is 310 g/mol. The van der Waals surface area contributed by atoms with E-state index in [1.807, 2.05) is 0 Å². The van der Waals surface area contributed by atoms with Gasteiger partial charge in [-0.2, -0.15) is 0 Å². The molecular formula is C16H26N2O2S. The molecule has 0 spiro atoms. The fourth-order valence-electron chi connectivity index (χ4n) is 3.02. The molecule has 5 heteroatoms. The second kappa shape index (κ2) is 6.90. The highest BCUT2D eigenvalue weighted by molar-refractivity contribution is 7.88. The molecule has 21 heavy (non-hydrogen) atoms. The highest BCUT2D eigenvalue weighted by Gasteiger charge is 2.25. The molecular weight excluding hydrogens is 284 g/mol. The molecule has 2 atom stereocenters. The topological polar surface area (TPSA) is 49.4 Å². The van der Waals surface area contributed by atoms with Gasteiger partial charge in [0.15, 0.2) is 0 Å². The van der Waals surface area contributed by atoms with E-state index < -0.39 is 10.0 Å². The zero-order chi connectivity index (χ0) is 15.5. The summed E-state index contributed by atoms with van der Waals surface area (Å²) < 4.78 is 24.9. The van der Waals surface area contributed by atoms with Gasteiger partial charge < -0.3 is 5.32 Å². The summed E-state index contributed by atoms with van der Waals surface area (Å²) >= 11 is 0. The number of rotatable bonds is 5. The van der Waals surface area contributed by atoms with E-state index in [1.54, 1.807) is 4.31 Å². The lowest BCUT2D eigenvalue weighted by atomic mass is 9.98. The summed E-state index contributed by atoms with van der Waals surface area (Å²) in [7, 11) is -3.05. The first kappa shape index (κ1) is 16.5. The van der Waals surface area contributed by atoms with E-state index in [0.29, 0.717) is 25.0 Å². The van der Waals surface area contributed by atoms with Crippen LogP contribution in [0.5, 0.6) is 0 Å². The van der Waals surface area contributed by atoms with Crippen LogP contribution >= 0.6 is 0 Å². The van der Waals surface area contributed by atoms with Crippen molar-refractivity contribution >= 4 is 10.0 Å². The molecule has 118 valence electrons. The second-order valence-electron chi connectivity index (χ2n) is 6.12. The van der Waals surface area contributed by atoms with Crippen LogP contribution in [0.25, 0.3) is 0 Å². The van der Waals surface area contributed by atoms with Crippen molar-refractivity contribution in [3.05, 3.63) is 35.4 Å². The number of benzene rings is 1. The van der Waals surface area contributed by atoms with Crippen LogP contribution in [0, 0.1) is 12.8 Å². The Labute approximate surface area is 128 Å². The largest absolute Gasteiger partial charge is 0.310 e. The van der Waals surface area contributed by atoms with E-state index >= 15 is 0 Å². The van der Waals surface area contributed by atoms with Crippen molar-refractivity contribution in [2.24, 2.45) is 5.92 Å². The van der Waals surface area contributed by atoms with Crippen LogP contribution in [-0.4, -0.2) is 38.6 Å². The summed E-state index contributed by atoms with van der Waals surface area (Å²) in [6, 6.07) is 8.68. The number of nitrogens with zero attached hydrogens (tertiary/aromatic N) is 1. The van der Waals surface area contributed by atoms with Gasteiger partial charge in [0.05, 0.1) is 6.26 Å². The molecule has 0 amide bonds. The zero-order valence-electron chi connectivity index (χ0n) is 13.2. The molecule has 1 aromatic carbocycles. The lowest BCUT2D eigenvalue weighted by Gasteiger charge is -2.32. The van der Waals surface area contributed by atoms with Gasteiger partial charge >= 0.3 is 0 Å². The van der Waals surface area contributed by atoms with E-state index in [2.05, 4.69) is 43.4 Å². The maximum Gasteiger partial charge on any atom is 0.211 e. The minimum absolute atomic E-state index is 0.291. The Morgan fingerprint density at radius 3 is 2.76 bits per heavy atom. The SMILES string of the molecule is Cc1ccccc1[C@@H](C)NCC1CCCN(S(C)(=O)=O)C1. The van der Waals surface area contributed by atoms with Crippen molar-refractivity contribution in [3.8, 4) is 0 Å². The number of piperidine rings is 1. The molecule has 1 saturated heterocycles. The summed E-state index contributed by atoms with van der Waals surface area (Å²) in [5, 5.41) is 3.56. The Bertz CT molecular complexity index is 571. The first-order valence-corrected chi connectivity index (χ1v) is 9.47. The van der Waals surface area contributed by atoms with Crippen molar-refractivity contribution in [3.63, 3.8) is 0 Å². The van der Waals surface area contributed by atoms with Crippen molar-refractivity contribution in [2.75, 3.05) is 25.9 Å². The van der Waals surface area contributed by atoms with Gasteiger partial charge in [-0.15, -0.1) is 0 Å². The summed E-state index contributed by atoms with van der Waals surface area (Å²) in [6.45, 7) is 6.47. The Balaban J connectivity index is 1.90. The lowest BCUT2D eigenvalue weighted by Crippen LogP contribution is -2.42. The average molecular weight is 310 g/mol. The molecule has 1 aliphatic heterocycles.